The van der Waals surface area contributed by atoms with Crippen molar-refractivity contribution in [2.45, 2.75) is 19.3 Å². The number of carbonyl (C=O) groups is 1. The molecule has 0 atom stereocenters. The molecule has 17 heavy (non-hydrogen) atoms. The van der Waals surface area contributed by atoms with Gasteiger partial charge in [-0.05, 0) is 30.5 Å². The summed E-state index contributed by atoms with van der Waals surface area (Å²) in [6.45, 7) is 1.56. The minimum atomic E-state index is -0.149. The van der Waals surface area contributed by atoms with Crippen molar-refractivity contribution in [2.75, 3.05) is 25.6 Å². The summed E-state index contributed by atoms with van der Waals surface area (Å²) in [5.41, 5.74) is 2.26. The summed E-state index contributed by atoms with van der Waals surface area (Å²) < 4.78 is 10.1. The van der Waals surface area contributed by atoms with Crippen LogP contribution in [0.1, 0.15) is 18.4 Å². The fourth-order valence-electron chi connectivity index (χ4n) is 1.88. The van der Waals surface area contributed by atoms with Gasteiger partial charge in [0.05, 0.1) is 12.8 Å². The van der Waals surface area contributed by atoms with E-state index in [1.165, 1.54) is 12.7 Å². The molecule has 0 unspecified atom stereocenters. The summed E-state index contributed by atoms with van der Waals surface area (Å²) in [5, 5.41) is 3.30. The summed E-state index contributed by atoms with van der Waals surface area (Å²) >= 11 is 0. The van der Waals surface area contributed by atoms with Gasteiger partial charge in [0.25, 0.3) is 0 Å². The Morgan fingerprint density at radius 2 is 2.41 bits per heavy atom. The predicted octanol–water partition coefficient (Wildman–Crippen LogP) is 1.99. The van der Waals surface area contributed by atoms with E-state index in [9.17, 15) is 4.79 Å². The Hall–Kier alpha value is -1.71. The molecule has 0 aromatic heterocycles. The minimum Gasteiger partial charge on any atom is -0.490 e. The van der Waals surface area contributed by atoms with Crippen molar-refractivity contribution in [3.63, 3.8) is 0 Å². The highest BCUT2D eigenvalue weighted by molar-refractivity contribution is 5.69. The maximum atomic E-state index is 11.0. The Labute approximate surface area is 101 Å². The molecule has 1 aliphatic heterocycles. The first-order chi connectivity index (χ1) is 8.29. The highest BCUT2D eigenvalue weighted by atomic mass is 16.5. The molecule has 0 fully saturated rings. The van der Waals surface area contributed by atoms with Crippen LogP contribution in [-0.2, 0) is 16.0 Å². The normalized spacial score (nSPS) is 13.2. The molecule has 0 radical (unpaired) electrons. The zero-order chi connectivity index (χ0) is 12.1. The SMILES string of the molecule is COC(=O)CCCc1ccc2c(c1)NCCO2. The average molecular weight is 235 g/mol. The van der Waals surface area contributed by atoms with Crippen LogP contribution in [0.5, 0.6) is 5.75 Å². The summed E-state index contributed by atoms with van der Waals surface area (Å²) in [5.74, 6) is 0.761. The predicted molar refractivity (Wildman–Crippen MR) is 65.4 cm³/mol. The van der Waals surface area contributed by atoms with Gasteiger partial charge in [0, 0.05) is 13.0 Å². The van der Waals surface area contributed by atoms with E-state index in [1.807, 2.05) is 12.1 Å². The monoisotopic (exact) mass is 235 g/mol. The maximum absolute atomic E-state index is 11.0. The van der Waals surface area contributed by atoms with Gasteiger partial charge < -0.3 is 14.8 Å². The molecular formula is C13H17NO3. The van der Waals surface area contributed by atoms with Gasteiger partial charge in [0.1, 0.15) is 12.4 Å². The van der Waals surface area contributed by atoms with Crippen molar-refractivity contribution < 1.29 is 14.3 Å². The lowest BCUT2D eigenvalue weighted by molar-refractivity contribution is -0.140. The first kappa shape index (κ1) is 11.8. The molecule has 1 heterocycles. The van der Waals surface area contributed by atoms with E-state index in [0.29, 0.717) is 13.0 Å². The molecule has 1 N–H and O–H groups in total. The summed E-state index contributed by atoms with van der Waals surface area (Å²) in [6.07, 6.45) is 2.16. The fourth-order valence-corrected chi connectivity index (χ4v) is 1.88. The quantitative estimate of drug-likeness (QED) is 0.811. The molecule has 0 amide bonds. The lowest BCUT2D eigenvalue weighted by atomic mass is 10.1. The van der Waals surface area contributed by atoms with Crippen molar-refractivity contribution >= 4 is 11.7 Å². The number of anilines is 1. The van der Waals surface area contributed by atoms with Gasteiger partial charge in [0.15, 0.2) is 0 Å². The van der Waals surface area contributed by atoms with Crippen LogP contribution < -0.4 is 10.1 Å². The van der Waals surface area contributed by atoms with E-state index >= 15 is 0 Å². The van der Waals surface area contributed by atoms with Gasteiger partial charge in [-0.3, -0.25) is 4.79 Å². The third-order valence-electron chi connectivity index (χ3n) is 2.79. The first-order valence-corrected chi connectivity index (χ1v) is 5.86. The molecule has 92 valence electrons. The van der Waals surface area contributed by atoms with E-state index in [1.54, 1.807) is 0 Å². The number of benzene rings is 1. The van der Waals surface area contributed by atoms with Crippen LogP contribution in [0.3, 0.4) is 0 Å². The summed E-state index contributed by atoms with van der Waals surface area (Å²) in [4.78, 5) is 11.0. The minimum absolute atomic E-state index is 0.149. The lowest BCUT2D eigenvalue weighted by Gasteiger charge is -2.19. The van der Waals surface area contributed by atoms with Gasteiger partial charge in [-0.2, -0.15) is 0 Å². The zero-order valence-corrected chi connectivity index (χ0v) is 9.99. The van der Waals surface area contributed by atoms with Crippen molar-refractivity contribution in [2.24, 2.45) is 0 Å². The van der Waals surface area contributed by atoms with Crippen LogP contribution in [-0.4, -0.2) is 26.2 Å². The molecule has 1 aromatic rings. The van der Waals surface area contributed by atoms with Crippen LogP contribution in [0, 0.1) is 0 Å². The van der Waals surface area contributed by atoms with Crippen molar-refractivity contribution in [3.8, 4) is 5.75 Å². The highest BCUT2D eigenvalue weighted by Gasteiger charge is 2.09. The molecule has 4 heteroatoms. The number of hydrogen-bond donors (Lipinski definition) is 1. The number of nitrogens with one attached hydrogen (secondary N) is 1. The molecule has 1 aromatic carbocycles. The maximum Gasteiger partial charge on any atom is 0.305 e. The molecule has 0 aliphatic carbocycles. The standard InChI is InChI=1S/C13H17NO3/c1-16-13(15)4-2-3-10-5-6-12-11(9-10)14-7-8-17-12/h5-6,9,14H,2-4,7-8H2,1H3. The van der Waals surface area contributed by atoms with Crippen LogP contribution in [0.15, 0.2) is 18.2 Å². The van der Waals surface area contributed by atoms with Crippen molar-refractivity contribution in [1.82, 2.24) is 0 Å². The Bertz CT molecular complexity index is 404. The number of rotatable bonds is 4. The molecular weight excluding hydrogens is 218 g/mol. The third kappa shape index (κ3) is 3.12. The van der Waals surface area contributed by atoms with E-state index in [-0.39, 0.29) is 5.97 Å². The van der Waals surface area contributed by atoms with Crippen molar-refractivity contribution in [1.29, 1.82) is 0 Å². The number of esters is 1. The second-order valence-corrected chi connectivity index (χ2v) is 4.04. The second kappa shape index (κ2) is 5.57. The van der Waals surface area contributed by atoms with E-state index < -0.39 is 0 Å². The molecule has 0 bridgehead atoms. The first-order valence-electron chi connectivity index (χ1n) is 5.86. The van der Waals surface area contributed by atoms with Crippen LogP contribution in [0.4, 0.5) is 5.69 Å². The average Bonchev–Trinajstić information content (AvgIpc) is 2.38. The van der Waals surface area contributed by atoms with E-state index in [2.05, 4.69) is 16.1 Å². The lowest BCUT2D eigenvalue weighted by Crippen LogP contribution is -2.18. The number of ether oxygens (including phenoxy) is 2. The van der Waals surface area contributed by atoms with Crippen LogP contribution in [0.25, 0.3) is 0 Å². The Kier molecular flexibility index (Phi) is 3.85. The fraction of sp³-hybridized carbons (Fsp3) is 0.462. The Morgan fingerprint density at radius 3 is 3.24 bits per heavy atom. The summed E-state index contributed by atoms with van der Waals surface area (Å²) in [6, 6.07) is 6.11. The number of hydrogen-bond acceptors (Lipinski definition) is 4. The van der Waals surface area contributed by atoms with Gasteiger partial charge in [-0.15, -0.1) is 0 Å². The Balaban J connectivity index is 1.91. The van der Waals surface area contributed by atoms with Gasteiger partial charge in [-0.25, -0.2) is 0 Å². The smallest absolute Gasteiger partial charge is 0.305 e. The number of carbonyl (C=O) groups excluding carboxylic acids is 1. The van der Waals surface area contributed by atoms with Gasteiger partial charge in [-0.1, -0.05) is 6.07 Å². The second-order valence-electron chi connectivity index (χ2n) is 4.04. The van der Waals surface area contributed by atoms with Crippen molar-refractivity contribution in [3.05, 3.63) is 23.8 Å². The summed E-state index contributed by atoms with van der Waals surface area (Å²) in [7, 11) is 1.42. The third-order valence-corrected chi connectivity index (χ3v) is 2.79. The zero-order valence-electron chi connectivity index (χ0n) is 9.99. The number of aryl methyl sites for hydroxylation is 1. The molecule has 0 spiro atoms. The molecule has 0 saturated carbocycles. The number of methoxy groups -OCH3 is 1. The molecule has 2 rings (SSSR count). The Morgan fingerprint density at radius 1 is 1.53 bits per heavy atom. The molecule has 0 saturated heterocycles. The van der Waals surface area contributed by atoms with E-state index in [4.69, 9.17) is 4.74 Å². The van der Waals surface area contributed by atoms with Gasteiger partial charge >= 0.3 is 5.97 Å². The highest BCUT2D eigenvalue weighted by Crippen LogP contribution is 2.28. The molecule has 4 nitrogen and oxygen atoms in total. The van der Waals surface area contributed by atoms with Crippen LogP contribution >= 0.6 is 0 Å². The molecule has 1 aliphatic rings. The van der Waals surface area contributed by atoms with E-state index in [0.717, 1.165) is 30.8 Å². The topological polar surface area (TPSA) is 47.6 Å². The number of fused-ring (bicyclic) bond motifs is 1. The van der Waals surface area contributed by atoms with Crippen LogP contribution in [0.2, 0.25) is 0 Å². The van der Waals surface area contributed by atoms with Gasteiger partial charge in [0.2, 0.25) is 0 Å². The largest absolute Gasteiger partial charge is 0.490 e.